The molecule has 1 fully saturated rings. The summed E-state index contributed by atoms with van der Waals surface area (Å²) in [6.07, 6.45) is 0.766. The first kappa shape index (κ1) is 5.37. The van der Waals surface area contributed by atoms with E-state index in [2.05, 4.69) is 4.72 Å². The van der Waals surface area contributed by atoms with E-state index in [1.807, 2.05) is 0 Å². The fraction of sp³-hybridized carbons (Fsp3) is 0.667. The highest BCUT2D eigenvalue weighted by atomic mass is 32.3. The van der Waals surface area contributed by atoms with Crippen LogP contribution in [0.5, 0.6) is 0 Å². The van der Waals surface area contributed by atoms with E-state index in [4.69, 9.17) is 9.11 Å². The lowest BCUT2D eigenvalue weighted by Gasteiger charge is -2.24. The Labute approximate surface area is 44.2 Å². The third kappa shape index (κ3) is 1.31. The zero-order valence-electron chi connectivity index (χ0n) is 3.79. The molecule has 43 valence electrons. The summed E-state index contributed by atoms with van der Waals surface area (Å²) in [7, 11) is -2.42. The van der Waals surface area contributed by atoms with E-state index < -0.39 is 10.8 Å². The predicted molar refractivity (Wildman–Crippen MR) is 29.8 cm³/mol. The molecule has 0 bridgehead atoms. The smallest absolute Gasteiger partial charge is 0.0867 e. The Morgan fingerprint density at radius 2 is 2.29 bits per heavy atom. The third-order valence-corrected chi connectivity index (χ3v) is 2.14. The van der Waals surface area contributed by atoms with Gasteiger partial charge in [-0.1, -0.05) is 0 Å². The molecule has 1 heterocycles. The minimum Gasteiger partial charge on any atom is -0.285 e. The molecule has 0 amide bonds. The van der Waals surface area contributed by atoms with Gasteiger partial charge in [0.1, 0.15) is 0 Å². The molecule has 4 heteroatoms. The summed E-state index contributed by atoms with van der Waals surface area (Å²) in [5, 5.41) is 0. The fourth-order valence-corrected chi connectivity index (χ4v) is 1.47. The van der Waals surface area contributed by atoms with Crippen LogP contribution in [0, 0.1) is 5.75 Å². The molecule has 0 aromatic rings. The van der Waals surface area contributed by atoms with Gasteiger partial charge in [0.05, 0.1) is 5.75 Å². The van der Waals surface area contributed by atoms with E-state index in [0.29, 0.717) is 6.54 Å². The first-order valence-corrected chi connectivity index (χ1v) is 3.68. The summed E-state index contributed by atoms with van der Waals surface area (Å²) in [6.45, 7) is 0.697. The molecule has 0 aromatic carbocycles. The van der Waals surface area contributed by atoms with Crippen LogP contribution in [-0.4, -0.2) is 15.7 Å². The standard InChI is InChI=1S/C3H8NO2S/c5-7(6)3-1-2-4-7/h3-6H,1-2H2. The Balaban J connectivity index is 2.40. The van der Waals surface area contributed by atoms with Crippen molar-refractivity contribution in [2.45, 2.75) is 6.42 Å². The van der Waals surface area contributed by atoms with Gasteiger partial charge in [0.2, 0.25) is 0 Å². The average molecular weight is 122 g/mol. The highest BCUT2D eigenvalue weighted by molar-refractivity contribution is 8.24. The molecule has 7 heavy (non-hydrogen) atoms. The third-order valence-electron chi connectivity index (χ3n) is 0.809. The lowest BCUT2D eigenvalue weighted by molar-refractivity contribution is 0.488. The van der Waals surface area contributed by atoms with Gasteiger partial charge in [-0.25, -0.2) is 4.72 Å². The molecule has 0 aromatic heterocycles. The maximum Gasteiger partial charge on any atom is 0.0867 e. The zero-order chi connectivity index (χ0) is 5.33. The highest BCUT2D eigenvalue weighted by Crippen LogP contribution is 2.42. The topological polar surface area (TPSA) is 52.5 Å². The van der Waals surface area contributed by atoms with Crippen LogP contribution in [-0.2, 0) is 0 Å². The molecule has 1 aliphatic heterocycles. The predicted octanol–water partition coefficient (Wildman–Crippen LogP) is 0.807. The van der Waals surface area contributed by atoms with Gasteiger partial charge in [-0.05, 0) is 6.42 Å². The highest BCUT2D eigenvalue weighted by Gasteiger charge is 2.16. The maximum absolute atomic E-state index is 8.67. The molecular weight excluding hydrogens is 114 g/mol. The van der Waals surface area contributed by atoms with Gasteiger partial charge in [-0.2, -0.15) is 0 Å². The minimum atomic E-state index is -2.42. The largest absolute Gasteiger partial charge is 0.285 e. The lowest BCUT2D eigenvalue weighted by Crippen LogP contribution is -2.10. The lowest BCUT2D eigenvalue weighted by atomic mass is 10.5. The van der Waals surface area contributed by atoms with Crippen molar-refractivity contribution in [2.75, 3.05) is 6.54 Å². The van der Waals surface area contributed by atoms with Gasteiger partial charge in [0, 0.05) is 6.54 Å². The van der Waals surface area contributed by atoms with Crippen LogP contribution >= 0.6 is 10.8 Å². The summed E-state index contributed by atoms with van der Waals surface area (Å²) in [4.78, 5) is 0. The molecule has 1 rings (SSSR count). The Morgan fingerprint density at radius 3 is 2.43 bits per heavy atom. The number of hydrogen-bond donors (Lipinski definition) is 3. The second kappa shape index (κ2) is 1.63. The summed E-state index contributed by atoms with van der Waals surface area (Å²) >= 11 is 0. The molecule has 0 atom stereocenters. The number of nitrogens with one attached hydrogen (secondary N) is 1. The van der Waals surface area contributed by atoms with Crippen LogP contribution in [0.1, 0.15) is 6.42 Å². The Bertz CT molecular complexity index is 67.3. The quantitative estimate of drug-likeness (QED) is 0.445. The van der Waals surface area contributed by atoms with E-state index >= 15 is 0 Å². The molecule has 0 saturated carbocycles. The normalized spacial score (nSPS) is 32.9. The minimum absolute atomic E-state index is 0.697. The van der Waals surface area contributed by atoms with Crippen LogP contribution in [0.2, 0.25) is 0 Å². The summed E-state index contributed by atoms with van der Waals surface area (Å²) in [6, 6.07) is 0. The van der Waals surface area contributed by atoms with Gasteiger partial charge in [0.15, 0.2) is 0 Å². The van der Waals surface area contributed by atoms with Crippen LogP contribution in [0.25, 0.3) is 0 Å². The van der Waals surface area contributed by atoms with Crippen LogP contribution in [0.4, 0.5) is 0 Å². The molecule has 3 nitrogen and oxygen atoms in total. The fourth-order valence-electron chi connectivity index (χ4n) is 0.491. The first-order valence-electron chi connectivity index (χ1n) is 2.07. The van der Waals surface area contributed by atoms with Gasteiger partial charge in [0.25, 0.3) is 0 Å². The van der Waals surface area contributed by atoms with Crippen molar-refractivity contribution >= 4 is 10.8 Å². The van der Waals surface area contributed by atoms with Crippen molar-refractivity contribution in [1.29, 1.82) is 0 Å². The van der Waals surface area contributed by atoms with E-state index in [1.165, 1.54) is 5.75 Å². The van der Waals surface area contributed by atoms with Crippen LogP contribution in [0.3, 0.4) is 0 Å². The molecule has 1 saturated heterocycles. The summed E-state index contributed by atoms with van der Waals surface area (Å²) in [5.41, 5.74) is 0. The Hall–Kier alpha value is 0.230. The summed E-state index contributed by atoms with van der Waals surface area (Å²) in [5.74, 6) is 1.51. The molecule has 0 spiro atoms. The number of hydrogen-bond acceptors (Lipinski definition) is 3. The molecule has 1 aliphatic rings. The van der Waals surface area contributed by atoms with Crippen molar-refractivity contribution in [3.05, 3.63) is 5.75 Å². The monoisotopic (exact) mass is 122 g/mol. The van der Waals surface area contributed by atoms with Gasteiger partial charge >= 0.3 is 0 Å². The second-order valence-corrected chi connectivity index (χ2v) is 3.25. The first-order chi connectivity index (χ1) is 3.21. The van der Waals surface area contributed by atoms with E-state index in [0.717, 1.165) is 6.42 Å². The Morgan fingerprint density at radius 1 is 1.57 bits per heavy atom. The summed E-state index contributed by atoms with van der Waals surface area (Å²) < 4.78 is 19.9. The van der Waals surface area contributed by atoms with E-state index in [1.54, 1.807) is 0 Å². The van der Waals surface area contributed by atoms with E-state index in [9.17, 15) is 0 Å². The Kier molecular flexibility index (Phi) is 1.25. The van der Waals surface area contributed by atoms with E-state index in [-0.39, 0.29) is 0 Å². The van der Waals surface area contributed by atoms with Gasteiger partial charge in [-0.3, -0.25) is 9.11 Å². The average Bonchev–Trinajstić information content (AvgIpc) is 1.84. The SMILES string of the molecule is OS1(O)[CH]CCN1. The van der Waals surface area contributed by atoms with Crippen molar-refractivity contribution < 1.29 is 9.11 Å². The molecule has 0 aliphatic carbocycles. The second-order valence-electron chi connectivity index (χ2n) is 1.44. The van der Waals surface area contributed by atoms with Crippen molar-refractivity contribution in [3.8, 4) is 0 Å². The van der Waals surface area contributed by atoms with Crippen molar-refractivity contribution in [3.63, 3.8) is 0 Å². The molecule has 1 radical (unpaired) electrons. The van der Waals surface area contributed by atoms with Gasteiger partial charge in [-0.15, -0.1) is 10.8 Å². The molecule has 0 unspecified atom stereocenters. The van der Waals surface area contributed by atoms with Crippen LogP contribution < -0.4 is 4.72 Å². The number of rotatable bonds is 0. The molecular formula is C3H8NO2S. The van der Waals surface area contributed by atoms with Crippen molar-refractivity contribution in [1.82, 2.24) is 4.72 Å². The van der Waals surface area contributed by atoms with Crippen LogP contribution in [0.15, 0.2) is 0 Å². The maximum atomic E-state index is 8.67. The zero-order valence-corrected chi connectivity index (χ0v) is 4.61. The molecule has 3 N–H and O–H groups in total. The van der Waals surface area contributed by atoms with Gasteiger partial charge < -0.3 is 0 Å². The van der Waals surface area contributed by atoms with Crippen molar-refractivity contribution in [2.24, 2.45) is 0 Å².